The fourth-order valence-electron chi connectivity index (χ4n) is 1.06. The molecule has 5 nitrogen and oxygen atoms in total. The number of nitrogens with zero attached hydrogens (tertiary/aromatic N) is 1. The van der Waals surface area contributed by atoms with Gasteiger partial charge in [0.2, 0.25) is 0 Å². The second-order valence-electron chi connectivity index (χ2n) is 2.91. The monoisotopic (exact) mass is 200 g/mol. The number of phenolic OH excluding ortho intramolecular Hbond substituents is 1. The number of non-ortho nitro benzene ring substituents is 1. The Kier molecular flexibility index (Phi) is 2.66. The van der Waals surface area contributed by atoms with Crippen LogP contribution in [0.25, 0.3) is 0 Å². The van der Waals surface area contributed by atoms with Gasteiger partial charge in [0.25, 0.3) is 5.69 Å². The van der Waals surface area contributed by atoms with E-state index >= 15 is 0 Å². The zero-order valence-electron chi connectivity index (χ0n) is 7.40. The van der Waals surface area contributed by atoms with Crippen LogP contribution in [0.2, 0.25) is 0 Å². The van der Waals surface area contributed by atoms with Crippen molar-refractivity contribution in [1.29, 1.82) is 0 Å². The van der Waals surface area contributed by atoms with E-state index in [1.807, 2.05) is 0 Å². The second-order valence-corrected chi connectivity index (χ2v) is 2.91. The first-order valence-electron chi connectivity index (χ1n) is 3.86. The van der Waals surface area contributed by atoms with Gasteiger partial charge in [-0.1, -0.05) is 0 Å². The molecule has 0 spiro atoms. The van der Waals surface area contributed by atoms with Gasteiger partial charge in [-0.15, -0.1) is 0 Å². The van der Waals surface area contributed by atoms with Crippen molar-refractivity contribution in [3.8, 4) is 5.75 Å². The molecule has 0 aliphatic carbocycles. The van der Waals surface area contributed by atoms with E-state index in [1.54, 1.807) is 0 Å². The third kappa shape index (κ3) is 1.80. The minimum absolute atomic E-state index is 0.0247. The van der Waals surface area contributed by atoms with Crippen molar-refractivity contribution in [2.24, 2.45) is 5.73 Å². The topological polar surface area (TPSA) is 89.4 Å². The number of nitrogens with two attached hydrogens (primary N) is 1. The molecule has 0 aliphatic rings. The number of hydrogen-bond donors (Lipinski definition) is 2. The molecule has 3 N–H and O–H groups in total. The first kappa shape index (κ1) is 10.4. The predicted octanol–water partition coefficient (Wildman–Crippen LogP) is 1.46. The highest BCUT2D eigenvalue weighted by molar-refractivity contribution is 5.45. The number of phenols is 1. The molecule has 0 aliphatic heterocycles. The van der Waals surface area contributed by atoms with Crippen molar-refractivity contribution in [1.82, 2.24) is 0 Å². The number of benzene rings is 1. The third-order valence-electron chi connectivity index (χ3n) is 1.78. The van der Waals surface area contributed by atoms with E-state index in [9.17, 15) is 19.6 Å². The SMILES string of the molecule is CC(N)c1cc([N+](=O)[O-])cc(F)c1O. The summed E-state index contributed by atoms with van der Waals surface area (Å²) in [5, 5.41) is 19.6. The van der Waals surface area contributed by atoms with Gasteiger partial charge in [0.05, 0.1) is 11.0 Å². The van der Waals surface area contributed by atoms with Gasteiger partial charge < -0.3 is 10.8 Å². The average Bonchev–Trinajstić information content (AvgIpc) is 2.08. The Morgan fingerprint density at radius 1 is 1.64 bits per heavy atom. The third-order valence-corrected chi connectivity index (χ3v) is 1.78. The summed E-state index contributed by atoms with van der Waals surface area (Å²) in [6.45, 7) is 1.50. The molecule has 1 unspecified atom stereocenters. The van der Waals surface area contributed by atoms with Crippen molar-refractivity contribution in [3.63, 3.8) is 0 Å². The first-order chi connectivity index (χ1) is 6.43. The highest BCUT2D eigenvalue weighted by Crippen LogP contribution is 2.30. The van der Waals surface area contributed by atoms with Crippen molar-refractivity contribution in [2.45, 2.75) is 13.0 Å². The standard InChI is InChI=1S/C8H9FN2O3/c1-4(10)6-2-5(11(13)14)3-7(9)8(6)12/h2-4,12H,10H2,1H3. The summed E-state index contributed by atoms with van der Waals surface area (Å²) in [6, 6.07) is 1.05. The molecule has 1 aromatic carbocycles. The van der Waals surface area contributed by atoms with Crippen molar-refractivity contribution >= 4 is 5.69 Å². The molecule has 1 rings (SSSR count). The van der Waals surface area contributed by atoms with Crippen LogP contribution >= 0.6 is 0 Å². The highest BCUT2D eigenvalue weighted by Gasteiger charge is 2.17. The smallest absolute Gasteiger partial charge is 0.272 e. The Morgan fingerprint density at radius 2 is 2.21 bits per heavy atom. The maximum Gasteiger partial charge on any atom is 0.272 e. The van der Waals surface area contributed by atoms with E-state index in [1.165, 1.54) is 6.92 Å². The fourth-order valence-corrected chi connectivity index (χ4v) is 1.06. The van der Waals surface area contributed by atoms with Crippen LogP contribution in [0, 0.1) is 15.9 Å². The highest BCUT2D eigenvalue weighted by atomic mass is 19.1. The van der Waals surface area contributed by atoms with E-state index < -0.39 is 28.2 Å². The van der Waals surface area contributed by atoms with Crippen molar-refractivity contribution in [3.05, 3.63) is 33.6 Å². The van der Waals surface area contributed by atoms with Crippen LogP contribution in [0.15, 0.2) is 12.1 Å². The molecule has 1 atom stereocenters. The molecule has 0 fully saturated rings. The molecule has 0 aromatic heterocycles. The van der Waals surface area contributed by atoms with Crippen LogP contribution in [0.5, 0.6) is 5.75 Å². The molecule has 0 saturated carbocycles. The van der Waals surface area contributed by atoms with Crippen LogP contribution in [0.4, 0.5) is 10.1 Å². The van der Waals surface area contributed by atoms with Gasteiger partial charge in [0.1, 0.15) is 0 Å². The molecule has 6 heteroatoms. The van der Waals surface area contributed by atoms with E-state index in [2.05, 4.69) is 0 Å². The Bertz CT molecular complexity index is 379. The minimum atomic E-state index is -1.04. The molecule has 0 bridgehead atoms. The molecule has 76 valence electrons. The molecular formula is C8H9FN2O3. The lowest BCUT2D eigenvalue weighted by atomic mass is 10.1. The number of aromatic hydroxyl groups is 1. The second kappa shape index (κ2) is 3.59. The molecule has 0 heterocycles. The van der Waals surface area contributed by atoms with Crippen LogP contribution in [0.3, 0.4) is 0 Å². The van der Waals surface area contributed by atoms with Crippen molar-refractivity contribution in [2.75, 3.05) is 0 Å². The van der Waals surface area contributed by atoms with Gasteiger partial charge in [-0.3, -0.25) is 10.1 Å². The van der Waals surface area contributed by atoms with Gasteiger partial charge in [-0.25, -0.2) is 4.39 Å². The molecule has 0 saturated heterocycles. The summed E-state index contributed by atoms with van der Waals surface area (Å²) in [7, 11) is 0. The largest absolute Gasteiger partial charge is 0.505 e. The van der Waals surface area contributed by atoms with Gasteiger partial charge in [-0.2, -0.15) is 0 Å². The van der Waals surface area contributed by atoms with E-state index in [0.29, 0.717) is 6.07 Å². The zero-order chi connectivity index (χ0) is 10.9. The summed E-state index contributed by atoms with van der Waals surface area (Å²) >= 11 is 0. The van der Waals surface area contributed by atoms with E-state index in [0.717, 1.165) is 6.07 Å². The predicted molar refractivity (Wildman–Crippen MR) is 47.3 cm³/mol. The average molecular weight is 200 g/mol. The first-order valence-corrected chi connectivity index (χ1v) is 3.86. The Balaban J connectivity index is 3.35. The normalized spacial score (nSPS) is 12.5. The maximum atomic E-state index is 13.0. The van der Waals surface area contributed by atoms with E-state index in [4.69, 9.17) is 5.73 Å². The number of hydrogen-bond acceptors (Lipinski definition) is 4. The van der Waals surface area contributed by atoms with Crippen LogP contribution in [-0.4, -0.2) is 10.0 Å². The maximum absolute atomic E-state index is 13.0. The lowest BCUT2D eigenvalue weighted by Crippen LogP contribution is -2.06. The summed E-state index contributed by atoms with van der Waals surface area (Å²) in [4.78, 5) is 9.61. The molecule has 1 aromatic rings. The Morgan fingerprint density at radius 3 is 2.64 bits per heavy atom. The zero-order valence-corrected chi connectivity index (χ0v) is 7.40. The number of nitro benzene ring substituents is 1. The molecule has 0 radical (unpaired) electrons. The number of halogens is 1. The van der Waals surface area contributed by atoms with E-state index in [-0.39, 0.29) is 5.56 Å². The minimum Gasteiger partial charge on any atom is -0.505 e. The summed E-state index contributed by atoms with van der Waals surface area (Å²) < 4.78 is 13.0. The Hall–Kier alpha value is -1.69. The van der Waals surface area contributed by atoms with Gasteiger partial charge in [0, 0.05) is 17.7 Å². The Labute approximate surface area is 79.1 Å². The molecule has 14 heavy (non-hydrogen) atoms. The number of rotatable bonds is 2. The summed E-state index contributed by atoms with van der Waals surface area (Å²) in [6.07, 6.45) is 0. The quantitative estimate of drug-likeness (QED) is 0.558. The summed E-state index contributed by atoms with van der Waals surface area (Å²) in [5.41, 5.74) is 5.00. The number of nitro groups is 1. The van der Waals surface area contributed by atoms with Crippen LogP contribution in [-0.2, 0) is 0 Å². The van der Waals surface area contributed by atoms with Gasteiger partial charge >= 0.3 is 0 Å². The van der Waals surface area contributed by atoms with Crippen molar-refractivity contribution < 1.29 is 14.4 Å². The lowest BCUT2D eigenvalue weighted by molar-refractivity contribution is -0.385. The van der Waals surface area contributed by atoms with Gasteiger partial charge in [-0.05, 0) is 6.92 Å². The van der Waals surface area contributed by atoms with Crippen LogP contribution in [0.1, 0.15) is 18.5 Å². The fraction of sp³-hybridized carbons (Fsp3) is 0.250. The van der Waals surface area contributed by atoms with Crippen LogP contribution < -0.4 is 5.73 Å². The van der Waals surface area contributed by atoms with Gasteiger partial charge in [0.15, 0.2) is 11.6 Å². The lowest BCUT2D eigenvalue weighted by Gasteiger charge is -2.08. The molecular weight excluding hydrogens is 191 g/mol. The molecule has 0 amide bonds. The summed E-state index contributed by atoms with van der Waals surface area (Å²) in [5.74, 6) is -1.67.